The summed E-state index contributed by atoms with van der Waals surface area (Å²) in [5.74, 6) is 0.273. The lowest BCUT2D eigenvalue weighted by molar-refractivity contribution is 0.0594. The van der Waals surface area contributed by atoms with Crippen LogP contribution in [0.3, 0.4) is 0 Å². The summed E-state index contributed by atoms with van der Waals surface area (Å²) in [6, 6.07) is 7.94. The molecule has 9 heteroatoms. The van der Waals surface area contributed by atoms with Crippen molar-refractivity contribution in [2.75, 3.05) is 7.11 Å². The summed E-state index contributed by atoms with van der Waals surface area (Å²) in [4.78, 5) is 24.4. The van der Waals surface area contributed by atoms with Crippen LogP contribution in [0.25, 0.3) is 22.4 Å². The molecule has 0 bridgehead atoms. The van der Waals surface area contributed by atoms with Crippen molar-refractivity contribution >= 4 is 28.6 Å². The molecule has 0 spiro atoms. The smallest absolute Gasteiger partial charge is 0.358 e. The Hall–Kier alpha value is -3.26. The first kappa shape index (κ1) is 18.1. The van der Waals surface area contributed by atoms with E-state index < -0.39 is 5.97 Å². The Kier molecular flexibility index (Phi) is 4.79. The van der Waals surface area contributed by atoms with Gasteiger partial charge in [0.15, 0.2) is 11.3 Å². The number of nitrogens with zero attached hydrogens (tertiary/aromatic N) is 6. The number of carbonyl (C=O) groups excluding carboxylic acids is 1. The largest absolute Gasteiger partial charge is 0.464 e. The van der Waals surface area contributed by atoms with E-state index in [9.17, 15) is 4.79 Å². The SMILES string of the molecule is CCn1cc(C(=O)OC)nc1-c1ccc(Cn2ncc3cnc(Cl)nc32)cc1. The van der Waals surface area contributed by atoms with E-state index in [-0.39, 0.29) is 5.28 Å². The Balaban J connectivity index is 1.61. The molecule has 1 aromatic carbocycles. The van der Waals surface area contributed by atoms with Crippen LogP contribution in [0, 0.1) is 0 Å². The fraction of sp³-hybridized carbons (Fsp3) is 0.211. The van der Waals surface area contributed by atoms with E-state index in [2.05, 4.69) is 20.1 Å². The minimum absolute atomic E-state index is 0.192. The summed E-state index contributed by atoms with van der Waals surface area (Å²) < 4.78 is 8.46. The van der Waals surface area contributed by atoms with Crippen molar-refractivity contribution in [3.8, 4) is 11.4 Å². The third kappa shape index (κ3) is 3.34. The predicted octanol–water partition coefficient (Wildman–Crippen LogP) is 3.20. The fourth-order valence-electron chi connectivity index (χ4n) is 2.98. The number of halogens is 1. The van der Waals surface area contributed by atoms with Gasteiger partial charge in [0, 0.05) is 24.5 Å². The van der Waals surface area contributed by atoms with Gasteiger partial charge in [0.2, 0.25) is 5.28 Å². The fourth-order valence-corrected chi connectivity index (χ4v) is 3.11. The number of hydrogen-bond acceptors (Lipinski definition) is 6. The number of esters is 1. The molecule has 4 rings (SSSR count). The second kappa shape index (κ2) is 7.40. The summed E-state index contributed by atoms with van der Waals surface area (Å²) in [5.41, 5.74) is 2.94. The highest BCUT2D eigenvalue weighted by Crippen LogP contribution is 2.21. The number of imidazole rings is 1. The van der Waals surface area contributed by atoms with Crippen LogP contribution in [-0.4, -0.2) is 42.4 Å². The molecule has 142 valence electrons. The number of benzene rings is 1. The second-order valence-electron chi connectivity index (χ2n) is 6.14. The molecule has 0 atom stereocenters. The first-order valence-corrected chi connectivity index (χ1v) is 9.05. The van der Waals surface area contributed by atoms with Gasteiger partial charge in [-0.15, -0.1) is 0 Å². The number of fused-ring (bicyclic) bond motifs is 1. The van der Waals surface area contributed by atoms with Crippen molar-refractivity contribution in [3.63, 3.8) is 0 Å². The molecule has 4 aromatic rings. The quantitative estimate of drug-likeness (QED) is 0.380. The number of aryl methyl sites for hydroxylation is 1. The molecule has 0 saturated carbocycles. The summed E-state index contributed by atoms with van der Waals surface area (Å²) in [6.45, 7) is 3.24. The topological polar surface area (TPSA) is 87.7 Å². The van der Waals surface area contributed by atoms with E-state index in [1.807, 2.05) is 35.8 Å². The normalized spacial score (nSPS) is 11.1. The van der Waals surface area contributed by atoms with Crippen molar-refractivity contribution in [1.82, 2.24) is 29.3 Å². The Morgan fingerprint density at radius 3 is 2.68 bits per heavy atom. The van der Waals surface area contributed by atoms with Crippen LogP contribution in [-0.2, 0) is 17.8 Å². The van der Waals surface area contributed by atoms with Crippen molar-refractivity contribution < 1.29 is 9.53 Å². The van der Waals surface area contributed by atoms with Crippen LogP contribution in [0.4, 0.5) is 0 Å². The zero-order valence-corrected chi connectivity index (χ0v) is 16.1. The molecule has 0 N–H and O–H groups in total. The van der Waals surface area contributed by atoms with Crippen LogP contribution >= 0.6 is 11.6 Å². The molecule has 0 unspecified atom stereocenters. The maximum Gasteiger partial charge on any atom is 0.358 e. The lowest BCUT2D eigenvalue weighted by atomic mass is 10.1. The van der Waals surface area contributed by atoms with Crippen molar-refractivity contribution in [3.05, 3.63) is 59.4 Å². The summed E-state index contributed by atoms with van der Waals surface area (Å²) >= 11 is 5.90. The molecule has 0 amide bonds. The van der Waals surface area contributed by atoms with E-state index in [1.54, 1.807) is 23.3 Å². The van der Waals surface area contributed by atoms with Gasteiger partial charge in [-0.1, -0.05) is 24.3 Å². The van der Waals surface area contributed by atoms with Crippen LogP contribution in [0.2, 0.25) is 5.28 Å². The molecular formula is C19H17ClN6O2. The molecular weight excluding hydrogens is 380 g/mol. The maximum atomic E-state index is 11.8. The second-order valence-corrected chi connectivity index (χ2v) is 6.48. The van der Waals surface area contributed by atoms with Gasteiger partial charge in [-0.3, -0.25) is 0 Å². The van der Waals surface area contributed by atoms with E-state index in [4.69, 9.17) is 16.3 Å². The van der Waals surface area contributed by atoms with E-state index in [1.165, 1.54) is 7.11 Å². The van der Waals surface area contributed by atoms with E-state index in [0.717, 1.165) is 22.3 Å². The number of ether oxygens (including phenoxy) is 1. The molecule has 0 aliphatic carbocycles. The first-order valence-electron chi connectivity index (χ1n) is 8.68. The van der Waals surface area contributed by atoms with Gasteiger partial charge in [-0.25, -0.2) is 19.4 Å². The van der Waals surface area contributed by atoms with Crippen LogP contribution in [0.1, 0.15) is 23.0 Å². The van der Waals surface area contributed by atoms with Crippen molar-refractivity contribution in [1.29, 1.82) is 0 Å². The lowest BCUT2D eigenvalue weighted by Crippen LogP contribution is -2.03. The molecule has 0 saturated heterocycles. The van der Waals surface area contributed by atoms with Gasteiger partial charge in [-0.2, -0.15) is 10.1 Å². The minimum atomic E-state index is -0.448. The number of carbonyl (C=O) groups is 1. The van der Waals surface area contributed by atoms with Gasteiger partial charge in [0.1, 0.15) is 5.82 Å². The van der Waals surface area contributed by atoms with Crippen LogP contribution < -0.4 is 0 Å². The molecule has 0 fully saturated rings. The predicted molar refractivity (Wildman–Crippen MR) is 104 cm³/mol. The zero-order chi connectivity index (χ0) is 19.7. The number of methoxy groups -OCH3 is 1. The Bertz CT molecular complexity index is 1150. The van der Waals surface area contributed by atoms with Crippen molar-refractivity contribution in [2.24, 2.45) is 0 Å². The zero-order valence-electron chi connectivity index (χ0n) is 15.3. The monoisotopic (exact) mass is 396 g/mol. The third-order valence-electron chi connectivity index (χ3n) is 4.40. The molecule has 8 nitrogen and oxygen atoms in total. The number of rotatable bonds is 5. The van der Waals surface area contributed by atoms with Crippen LogP contribution in [0.15, 0.2) is 42.9 Å². The average Bonchev–Trinajstić information content (AvgIpc) is 3.32. The summed E-state index contributed by atoms with van der Waals surface area (Å²) in [5, 5.41) is 5.39. The highest BCUT2D eigenvalue weighted by atomic mass is 35.5. The lowest BCUT2D eigenvalue weighted by Gasteiger charge is -2.07. The summed E-state index contributed by atoms with van der Waals surface area (Å²) in [7, 11) is 1.35. The number of hydrogen-bond donors (Lipinski definition) is 0. The number of aromatic nitrogens is 6. The molecule has 0 aliphatic rings. The summed E-state index contributed by atoms with van der Waals surface area (Å²) in [6.07, 6.45) is 5.07. The third-order valence-corrected chi connectivity index (χ3v) is 4.59. The Labute approximate surface area is 165 Å². The van der Waals surface area contributed by atoms with E-state index >= 15 is 0 Å². The Morgan fingerprint density at radius 2 is 1.96 bits per heavy atom. The highest BCUT2D eigenvalue weighted by molar-refractivity contribution is 6.28. The maximum absolute atomic E-state index is 11.8. The Morgan fingerprint density at radius 1 is 1.18 bits per heavy atom. The van der Waals surface area contributed by atoms with Gasteiger partial charge in [0.05, 0.1) is 25.2 Å². The molecule has 28 heavy (non-hydrogen) atoms. The first-order chi connectivity index (χ1) is 13.6. The van der Waals surface area contributed by atoms with Gasteiger partial charge in [0.25, 0.3) is 0 Å². The molecule has 3 heterocycles. The molecule has 0 radical (unpaired) electrons. The van der Waals surface area contributed by atoms with Crippen molar-refractivity contribution in [2.45, 2.75) is 20.0 Å². The van der Waals surface area contributed by atoms with Gasteiger partial charge < -0.3 is 9.30 Å². The highest BCUT2D eigenvalue weighted by Gasteiger charge is 2.15. The van der Waals surface area contributed by atoms with Gasteiger partial charge in [-0.05, 0) is 24.1 Å². The molecule has 3 aromatic heterocycles. The van der Waals surface area contributed by atoms with Crippen LogP contribution in [0.5, 0.6) is 0 Å². The average molecular weight is 397 g/mol. The molecule has 0 aliphatic heterocycles. The van der Waals surface area contributed by atoms with Gasteiger partial charge >= 0.3 is 5.97 Å². The van der Waals surface area contributed by atoms with E-state index in [0.29, 0.717) is 24.4 Å². The minimum Gasteiger partial charge on any atom is -0.464 e. The standard InChI is InChI=1S/C19H17ClN6O2/c1-3-25-11-15(18(27)28-2)23-16(25)13-6-4-12(5-7-13)10-26-17-14(9-22-26)8-21-19(20)24-17/h4-9,11H,3,10H2,1-2H3.